The number of hydrogen-bond acceptors (Lipinski definition) is 2. The van der Waals surface area contributed by atoms with Crippen molar-refractivity contribution in [2.45, 2.75) is 25.9 Å². The molecule has 1 aromatic rings. The molecule has 19 heavy (non-hydrogen) atoms. The number of benzene rings is 1. The molecule has 1 aliphatic rings. The molecule has 1 aliphatic heterocycles. The first-order valence-electron chi connectivity index (χ1n) is 5.97. The van der Waals surface area contributed by atoms with Crippen molar-refractivity contribution in [1.29, 1.82) is 0 Å². The van der Waals surface area contributed by atoms with Crippen molar-refractivity contribution in [2.75, 3.05) is 13.1 Å². The van der Waals surface area contributed by atoms with Gasteiger partial charge in [0.1, 0.15) is 11.6 Å². The topological polar surface area (TPSA) is 32.3 Å². The molecular weight excluding hydrogens is 274 g/mol. The summed E-state index contributed by atoms with van der Waals surface area (Å²) in [5.74, 6) is -1.73. The summed E-state index contributed by atoms with van der Waals surface area (Å²) in [5.41, 5.74) is -0.198. The third-order valence-electron chi connectivity index (χ3n) is 3.00. The number of carbonyl (C=O) groups excluding carboxylic acids is 1. The van der Waals surface area contributed by atoms with Gasteiger partial charge < -0.3 is 10.2 Å². The molecule has 6 heteroatoms. The third-order valence-corrected chi connectivity index (χ3v) is 3.00. The van der Waals surface area contributed by atoms with Gasteiger partial charge in [-0.15, -0.1) is 12.4 Å². The fraction of sp³-hybridized carbons (Fsp3) is 0.462. The summed E-state index contributed by atoms with van der Waals surface area (Å²) in [4.78, 5) is 13.7. The summed E-state index contributed by atoms with van der Waals surface area (Å²) in [5, 5.41) is 3.28. The highest BCUT2D eigenvalue weighted by Gasteiger charge is 2.27. The van der Waals surface area contributed by atoms with Crippen LogP contribution in [0.1, 0.15) is 24.2 Å². The van der Waals surface area contributed by atoms with Crippen LogP contribution in [0.3, 0.4) is 0 Å². The van der Waals surface area contributed by atoms with Crippen molar-refractivity contribution < 1.29 is 13.6 Å². The van der Waals surface area contributed by atoms with Gasteiger partial charge in [0.2, 0.25) is 0 Å². The molecule has 0 aromatic heterocycles. The number of nitrogens with zero attached hydrogens (tertiary/aromatic N) is 1. The predicted molar refractivity (Wildman–Crippen MR) is 71.6 cm³/mol. The van der Waals surface area contributed by atoms with Crippen molar-refractivity contribution in [3.63, 3.8) is 0 Å². The zero-order valence-corrected chi connectivity index (χ0v) is 11.6. The maximum atomic E-state index is 13.5. The number of carbonyl (C=O) groups is 1. The van der Waals surface area contributed by atoms with Gasteiger partial charge in [-0.2, -0.15) is 0 Å². The predicted octanol–water partition coefficient (Wildman–Crippen LogP) is 2.21. The maximum Gasteiger partial charge on any atom is 0.257 e. The molecule has 1 N–H and O–H groups in total. The lowest BCUT2D eigenvalue weighted by atomic mass is 10.1. The second-order valence-corrected chi connectivity index (χ2v) is 4.80. The van der Waals surface area contributed by atoms with Crippen molar-refractivity contribution in [1.82, 2.24) is 10.2 Å². The zero-order valence-electron chi connectivity index (χ0n) is 10.8. The minimum atomic E-state index is -0.680. The first kappa shape index (κ1) is 15.9. The monoisotopic (exact) mass is 290 g/mol. The van der Waals surface area contributed by atoms with Crippen LogP contribution >= 0.6 is 12.4 Å². The number of amides is 1. The Morgan fingerprint density at radius 2 is 1.84 bits per heavy atom. The molecule has 0 saturated carbocycles. The van der Waals surface area contributed by atoms with Gasteiger partial charge in [-0.1, -0.05) is 0 Å². The average Bonchev–Trinajstić information content (AvgIpc) is 2.30. The summed E-state index contributed by atoms with van der Waals surface area (Å²) in [7, 11) is 0. The molecule has 1 amide bonds. The maximum absolute atomic E-state index is 13.5. The minimum Gasteiger partial charge on any atom is -0.335 e. The molecule has 0 bridgehead atoms. The number of piperazine rings is 1. The van der Waals surface area contributed by atoms with E-state index in [1.54, 1.807) is 4.90 Å². The van der Waals surface area contributed by atoms with E-state index in [4.69, 9.17) is 0 Å². The van der Waals surface area contributed by atoms with E-state index >= 15 is 0 Å². The minimum absolute atomic E-state index is 0. The summed E-state index contributed by atoms with van der Waals surface area (Å²) in [6.07, 6.45) is 0. The first-order chi connectivity index (χ1) is 8.47. The van der Waals surface area contributed by atoms with Gasteiger partial charge in [0.05, 0.1) is 5.56 Å². The Hall–Kier alpha value is -1.20. The second kappa shape index (κ2) is 6.30. The lowest BCUT2D eigenvalue weighted by Crippen LogP contribution is -2.55. The SMILES string of the molecule is CC1CN(C(=O)c2cc(F)ccc2F)CC(C)N1.Cl. The molecule has 1 aromatic carbocycles. The van der Waals surface area contributed by atoms with Crippen LogP contribution in [0.5, 0.6) is 0 Å². The molecule has 2 rings (SSSR count). The summed E-state index contributed by atoms with van der Waals surface area (Å²) in [6.45, 7) is 4.91. The van der Waals surface area contributed by atoms with Crippen LogP contribution in [0.15, 0.2) is 18.2 Å². The fourth-order valence-electron chi connectivity index (χ4n) is 2.32. The quantitative estimate of drug-likeness (QED) is 0.860. The van der Waals surface area contributed by atoms with Crippen LogP contribution < -0.4 is 5.32 Å². The Morgan fingerprint density at radius 1 is 1.26 bits per heavy atom. The summed E-state index contributed by atoms with van der Waals surface area (Å²) in [6, 6.07) is 3.24. The van der Waals surface area contributed by atoms with E-state index in [2.05, 4.69) is 5.32 Å². The number of nitrogens with one attached hydrogen (secondary N) is 1. The van der Waals surface area contributed by atoms with Gasteiger partial charge in [0.25, 0.3) is 5.91 Å². The molecule has 2 unspecified atom stereocenters. The zero-order chi connectivity index (χ0) is 13.3. The van der Waals surface area contributed by atoms with Crippen LogP contribution in [0, 0.1) is 11.6 Å². The Morgan fingerprint density at radius 3 is 2.42 bits per heavy atom. The van der Waals surface area contributed by atoms with E-state index in [1.807, 2.05) is 13.8 Å². The van der Waals surface area contributed by atoms with Crippen LogP contribution in [0.4, 0.5) is 8.78 Å². The van der Waals surface area contributed by atoms with Crippen molar-refractivity contribution >= 4 is 18.3 Å². The fourth-order valence-corrected chi connectivity index (χ4v) is 2.32. The Bertz CT molecular complexity index is 460. The van der Waals surface area contributed by atoms with Gasteiger partial charge in [-0.05, 0) is 32.0 Å². The Labute approximate surface area is 117 Å². The van der Waals surface area contributed by atoms with Gasteiger partial charge in [-0.25, -0.2) is 8.78 Å². The largest absolute Gasteiger partial charge is 0.335 e. The lowest BCUT2D eigenvalue weighted by molar-refractivity contribution is 0.0668. The molecule has 2 atom stereocenters. The van der Waals surface area contributed by atoms with Crippen LogP contribution in [0.2, 0.25) is 0 Å². The number of rotatable bonds is 1. The van der Waals surface area contributed by atoms with Crippen molar-refractivity contribution in [3.8, 4) is 0 Å². The summed E-state index contributed by atoms with van der Waals surface area (Å²) >= 11 is 0. The highest BCUT2D eigenvalue weighted by Crippen LogP contribution is 2.15. The average molecular weight is 291 g/mol. The molecule has 1 heterocycles. The van der Waals surface area contributed by atoms with Gasteiger partial charge in [0.15, 0.2) is 0 Å². The summed E-state index contributed by atoms with van der Waals surface area (Å²) < 4.78 is 26.6. The molecule has 1 fully saturated rings. The Balaban J connectivity index is 0.00000180. The Kier molecular flexibility index (Phi) is 5.26. The normalized spacial score (nSPS) is 22.8. The van der Waals surface area contributed by atoms with E-state index in [1.165, 1.54) is 0 Å². The molecule has 0 aliphatic carbocycles. The van der Waals surface area contributed by atoms with Gasteiger partial charge in [-0.3, -0.25) is 4.79 Å². The van der Waals surface area contributed by atoms with E-state index in [0.717, 1.165) is 18.2 Å². The van der Waals surface area contributed by atoms with E-state index < -0.39 is 17.5 Å². The van der Waals surface area contributed by atoms with E-state index in [-0.39, 0.29) is 30.1 Å². The second-order valence-electron chi connectivity index (χ2n) is 4.80. The van der Waals surface area contributed by atoms with Gasteiger partial charge >= 0.3 is 0 Å². The molecule has 1 saturated heterocycles. The molecule has 106 valence electrons. The van der Waals surface area contributed by atoms with E-state index in [9.17, 15) is 13.6 Å². The molecule has 0 spiro atoms. The molecule has 3 nitrogen and oxygen atoms in total. The van der Waals surface area contributed by atoms with Crippen molar-refractivity contribution in [3.05, 3.63) is 35.4 Å². The van der Waals surface area contributed by atoms with E-state index in [0.29, 0.717) is 13.1 Å². The van der Waals surface area contributed by atoms with Crippen LogP contribution in [-0.4, -0.2) is 36.0 Å². The first-order valence-corrected chi connectivity index (χ1v) is 5.97. The van der Waals surface area contributed by atoms with Crippen LogP contribution in [-0.2, 0) is 0 Å². The van der Waals surface area contributed by atoms with Crippen molar-refractivity contribution in [2.24, 2.45) is 0 Å². The molecule has 0 radical (unpaired) electrons. The van der Waals surface area contributed by atoms with Crippen LogP contribution in [0.25, 0.3) is 0 Å². The number of hydrogen-bond donors (Lipinski definition) is 1. The lowest BCUT2D eigenvalue weighted by Gasteiger charge is -2.36. The third kappa shape index (κ3) is 3.64. The smallest absolute Gasteiger partial charge is 0.257 e. The van der Waals surface area contributed by atoms with Gasteiger partial charge in [0, 0.05) is 25.2 Å². The molecular formula is C13H17ClF2N2O. The highest BCUT2D eigenvalue weighted by atomic mass is 35.5. The standard InChI is InChI=1S/C13H16F2N2O.ClH/c1-8-6-17(7-9(2)16-8)13(18)11-5-10(14)3-4-12(11)15;/h3-5,8-9,16H,6-7H2,1-2H3;1H. The number of halogens is 3. The highest BCUT2D eigenvalue weighted by molar-refractivity contribution is 5.94.